The monoisotopic (exact) mass is 172 g/mol. The second kappa shape index (κ2) is 3.05. The maximum atomic E-state index is 11.1. The molecule has 0 aromatic heterocycles. The number of nitrogens with zero attached hydrogens (tertiary/aromatic N) is 1. The third-order valence-corrected chi connectivity index (χ3v) is 2.05. The molecule has 2 nitrogen and oxygen atoms in total. The van der Waals surface area contributed by atoms with E-state index in [1.54, 1.807) is 18.0 Å². The Balaban J connectivity index is 2.34. The van der Waals surface area contributed by atoms with E-state index in [1.165, 1.54) is 0 Å². The first-order valence-corrected chi connectivity index (χ1v) is 4.18. The minimum Gasteiger partial charge on any atom is -0.309 e. The van der Waals surface area contributed by atoms with Gasteiger partial charge in [0.1, 0.15) is 0 Å². The average Bonchev–Trinajstić information content (AvgIpc) is 2.17. The Bertz CT molecular complexity index is 368. The van der Waals surface area contributed by atoms with Crippen molar-refractivity contribution in [2.24, 2.45) is 0 Å². The van der Waals surface area contributed by atoms with E-state index < -0.39 is 0 Å². The standard InChI is InChI=1S/C11H10NO/c1-9(13)12-7-6-10-4-2-3-5-11(10)8-12/h2-8H,1H3. The molecule has 1 aromatic rings. The number of hydrogen-bond acceptors (Lipinski definition) is 1. The number of carbonyl (C=O) groups excluding carboxylic acids is 1. The summed E-state index contributed by atoms with van der Waals surface area (Å²) < 4.78 is 0. The van der Waals surface area contributed by atoms with Crippen LogP contribution in [0.1, 0.15) is 18.1 Å². The van der Waals surface area contributed by atoms with Gasteiger partial charge in [-0.15, -0.1) is 0 Å². The van der Waals surface area contributed by atoms with Gasteiger partial charge in [0, 0.05) is 13.1 Å². The zero-order valence-corrected chi connectivity index (χ0v) is 7.40. The van der Waals surface area contributed by atoms with Crippen molar-refractivity contribution in [3.8, 4) is 0 Å². The highest BCUT2D eigenvalue weighted by Gasteiger charge is 2.12. The van der Waals surface area contributed by atoms with Gasteiger partial charge in [0.2, 0.25) is 5.91 Å². The first-order chi connectivity index (χ1) is 6.27. The predicted molar refractivity (Wildman–Crippen MR) is 51.4 cm³/mol. The fourth-order valence-electron chi connectivity index (χ4n) is 1.33. The van der Waals surface area contributed by atoms with Crippen LogP contribution >= 0.6 is 0 Å². The first-order valence-electron chi connectivity index (χ1n) is 4.18. The number of benzene rings is 1. The third kappa shape index (κ3) is 1.47. The fraction of sp³-hybridized carbons (Fsp3) is 0.0909. The highest BCUT2D eigenvalue weighted by atomic mass is 16.2. The van der Waals surface area contributed by atoms with Gasteiger partial charge in [-0.05, 0) is 17.2 Å². The molecule has 1 aliphatic heterocycles. The Kier molecular flexibility index (Phi) is 1.89. The Morgan fingerprint density at radius 3 is 2.62 bits per heavy atom. The van der Waals surface area contributed by atoms with Crippen molar-refractivity contribution >= 4 is 12.0 Å². The minimum atomic E-state index is 0.0331. The first kappa shape index (κ1) is 8.05. The predicted octanol–water partition coefficient (Wildman–Crippen LogP) is 2.03. The molecule has 13 heavy (non-hydrogen) atoms. The molecule has 0 fully saturated rings. The molecule has 1 aliphatic rings. The number of carbonyl (C=O) groups is 1. The number of hydrogen-bond donors (Lipinski definition) is 0. The van der Waals surface area contributed by atoms with E-state index in [4.69, 9.17) is 0 Å². The van der Waals surface area contributed by atoms with Crippen LogP contribution in [0.3, 0.4) is 0 Å². The Morgan fingerprint density at radius 2 is 1.92 bits per heavy atom. The summed E-state index contributed by atoms with van der Waals surface area (Å²) in [5.41, 5.74) is 2.24. The Labute approximate surface area is 77.5 Å². The summed E-state index contributed by atoms with van der Waals surface area (Å²) in [6, 6.07) is 7.97. The van der Waals surface area contributed by atoms with Crippen molar-refractivity contribution in [3.05, 3.63) is 48.1 Å². The molecule has 0 spiro atoms. The molecular formula is C11H10NO. The van der Waals surface area contributed by atoms with Gasteiger partial charge in [-0.25, -0.2) is 0 Å². The normalized spacial score (nSPS) is 14.1. The lowest BCUT2D eigenvalue weighted by atomic mass is 10.0. The third-order valence-electron chi connectivity index (χ3n) is 2.05. The van der Waals surface area contributed by atoms with E-state index in [2.05, 4.69) is 0 Å². The van der Waals surface area contributed by atoms with E-state index in [0.717, 1.165) is 11.1 Å². The summed E-state index contributed by atoms with van der Waals surface area (Å²) in [7, 11) is 0. The summed E-state index contributed by atoms with van der Waals surface area (Å²) in [6.07, 6.45) is 3.72. The lowest BCUT2D eigenvalue weighted by Gasteiger charge is -2.21. The van der Waals surface area contributed by atoms with Crippen molar-refractivity contribution in [2.75, 3.05) is 0 Å². The smallest absolute Gasteiger partial charge is 0.224 e. The molecular weight excluding hydrogens is 162 g/mol. The van der Waals surface area contributed by atoms with Crippen molar-refractivity contribution in [1.29, 1.82) is 0 Å². The fourth-order valence-corrected chi connectivity index (χ4v) is 1.33. The summed E-state index contributed by atoms with van der Waals surface area (Å²) >= 11 is 0. The van der Waals surface area contributed by atoms with Crippen molar-refractivity contribution in [2.45, 2.75) is 6.92 Å². The molecule has 0 bridgehead atoms. The van der Waals surface area contributed by atoms with E-state index in [0.29, 0.717) is 0 Å². The van der Waals surface area contributed by atoms with Crippen LogP contribution in [-0.2, 0) is 4.79 Å². The van der Waals surface area contributed by atoms with Crippen LogP contribution in [-0.4, -0.2) is 10.8 Å². The van der Waals surface area contributed by atoms with Crippen molar-refractivity contribution < 1.29 is 4.79 Å². The van der Waals surface area contributed by atoms with Gasteiger partial charge in [0.15, 0.2) is 0 Å². The van der Waals surface area contributed by atoms with Gasteiger partial charge in [-0.1, -0.05) is 24.3 Å². The average molecular weight is 172 g/mol. The van der Waals surface area contributed by atoms with E-state index in [-0.39, 0.29) is 5.91 Å². The molecule has 65 valence electrons. The van der Waals surface area contributed by atoms with Crippen LogP contribution in [0, 0.1) is 6.54 Å². The summed E-state index contributed by atoms with van der Waals surface area (Å²) in [5, 5.41) is 0. The molecule has 2 heteroatoms. The molecule has 2 rings (SSSR count). The molecule has 0 saturated heterocycles. The molecule has 0 N–H and O–H groups in total. The maximum absolute atomic E-state index is 11.1. The van der Waals surface area contributed by atoms with Crippen LogP contribution in [0.25, 0.3) is 6.08 Å². The number of fused-ring (bicyclic) bond motifs is 1. The lowest BCUT2D eigenvalue weighted by Crippen LogP contribution is -2.22. The summed E-state index contributed by atoms with van der Waals surface area (Å²) in [4.78, 5) is 12.6. The molecule has 0 unspecified atom stereocenters. The van der Waals surface area contributed by atoms with Crippen molar-refractivity contribution in [1.82, 2.24) is 4.90 Å². The lowest BCUT2D eigenvalue weighted by molar-refractivity contribution is -0.124. The van der Waals surface area contributed by atoms with E-state index >= 15 is 0 Å². The second-order valence-electron chi connectivity index (χ2n) is 3.00. The van der Waals surface area contributed by atoms with Gasteiger partial charge in [0.25, 0.3) is 0 Å². The quantitative estimate of drug-likeness (QED) is 0.586. The molecule has 0 atom stereocenters. The topological polar surface area (TPSA) is 20.3 Å². The van der Waals surface area contributed by atoms with Crippen LogP contribution in [0.5, 0.6) is 0 Å². The molecule has 1 amide bonds. The molecule has 1 heterocycles. The van der Waals surface area contributed by atoms with E-state index in [9.17, 15) is 4.79 Å². The SMILES string of the molecule is CC(=O)N1[CH]c2ccccc2C=C1. The molecule has 1 aromatic carbocycles. The van der Waals surface area contributed by atoms with Crippen LogP contribution < -0.4 is 0 Å². The van der Waals surface area contributed by atoms with Crippen molar-refractivity contribution in [3.63, 3.8) is 0 Å². The van der Waals surface area contributed by atoms with Gasteiger partial charge < -0.3 is 4.90 Å². The number of rotatable bonds is 0. The van der Waals surface area contributed by atoms with Gasteiger partial charge >= 0.3 is 0 Å². The minimum absolute atomic E-state index is 0.0331. The van der Waals surface area contributed by atoms with Crippen LogP contribution in [0.4, 0.5) is 0 Å². The summed E-state index contributed by atoms with van der Waals surface area (Å²) in [6.45, 7) is 3.40. The zero-order chi connectivity index (χ0) is 9.26. The zero-order valence-electron chi connectivity index (χ0n) is 7.40. The highest BCUT2D eigenvalue weighted by molar-refractivity contribution is 5.78. The van der Waals surface area contributed by atoms with Gasteiger partial charge in [0.05, 0.1) is 6.54 Å². The largest absolute Gasteiger partial charge is 0.309 e. The molecule has 0 saturated carbocycles. The second-order valence-corrected chi connectivity index (χ2v) is 3.00. The Hall–Kier alpha value is -1.57. The molecule has 0 aliphatic carbocycles. The van der Waals surface area contributed by atoms with Gasteiger partial charge in [-0.3, -0.25) is 4.79 Å². The maximum Gasteiger partial charge on any atom is 0.224 e. The van der Waals surface area contributed by atoms with Gasteiger partial charge in [-0.2, -0.15) is 0 Å². The Morgan fingerprint density at radius 1 is 1.23 bits per heavy atom. The van der Waals surface area contributed by atoms with Crippen LogP contribution in [0.2, 0.25) is 0 Å². The van der Waals surface area contributed by atoms with Crippen LogP contribution in [0.15, 0.2) is 30.5 Å². The molecule has 1 radical (unpaired) electrons. The number of amides is 1. The summed E-state index contributed by atoms with van der Waals surface area (Å²) in [5.74, 6) is 0.0331. The highest BCUT2D eigenvalue weighted by Crippen LogP contribution is 2.20. The van der Waals surface area contributed by atoms with E-state index in [1.807, 2.05) is 36.9 Å².